The number of carbonyl (C=O) groups excluding carboxylic acids is 1. The first kappa shape index (κ1) is 13.8. The van der Waals surface area contributed by atoms with Crippen molar-refractivity contribution in [2.24, 2.45) is 17.8 Å². The van der Waals surface area contributed by atoms with Gasteiger partial charge in [-0.15, -0.1) is 0 Å². The first-order chi connectivity index (χ1) is 10.7. The number of benzene rings is 2. The molecule has 2 aromatic rings. The van der Waals surface area contributed by atoms with Crippen LogP contribution in [0.15, 0.2) is 42.5 Å². The van der Waals surface area contributed by atoms with E-state index in [-0.39, 0.29) is 11.8 Å². The van der Waals surface area contributed by atoms with Gasteiger partial charge >= 0.3 is 0 Å². The molecule has 0 bridgehead atoms. The zero-order chi connectivity index (χ0) is 15.1. The van der Waals surface area contributed by atoms with E-state index < -0.39 is 6.10 Å². The highest BCUT2D eigenvalue weighted by molar-refractivity contribution is 5.83. The smallest absolute Gasteiger partial charge is 0.223 e. The summed E-state index contributed by atoms with van der Waals surface area (Å²) in [5, 5.41) is 15.5. The lowest BCUT2D eigenvalue weighted by molar-refractivity contribution is -0.123. The quantitative estimate of drug-likeness (QED) is 0.911. The van der Waals surface area contributed by atoms with Crippen LogP contribution in [0.3, 0.4) is 0 Å². The van der Waals surface area contributed by atoms with Gasteiger partial charge in [0.2, 0.25) is 5.91 Å². The molecule has 0 heterocycles. The van der Waals surface area contributed by atoms with Gasteiger partial charge in [-0.1, -0.05) is 42.8 Å². The molecule has 4 rings (SSSR count). The fourth-order valence-corrected chi connectivity index (χ4v) is 4.06. The van der Waals surface area contributed by atoms with Crippen molar-refractivity contribution in [3.8, 4) is 0 Å². The Labute approximate surface area is 130 Å². The molecule has 3 unspecified atom stereocenters. The predicted molar refractivity (Wildman–Crippen MR) is 86.2 cm³/mol. The lowest BCUT2D eigenvalue weighted by Gasteiger charge is -2.13. The van der Waals surface area contributed by atoms with Gasteiger partial charge in [0.15, 0.2) is 0 Å². The third-order valence-corrected chi connectivity index (χ3v) is 5.34. The maximum Gasteiger partial charge on any atom is 0.223 e. The van der Waals surface area contributed by atoms with E-state index in [0.717, 1.165) is 16.3 Å². The maximum atomic E-state index is 12.1. The van der Waals surface area contributed by atoms with Gasteiger partial charge in [-0.25, -0.2) is 0 Å². The van der Waals surface area contributed by atoms with E-state index in [1.807, 2.05) is 36.4 Å². The van der Waals surface area contributed by atoms with Crippen LogP contribution in [0.2, 0.25) is 0 Å². The largest absolute Gasteiger partial charge is 0.387 e. The SMILES string of the molecule is O=C(NCC(O)c1ccc2ccccc2c1)C1C2CCCC21. The van der Waals surface area contributed by atoms with Crippen molar-refractivity contribution in [1.29, 1.82) is 0 Å². The highest BCUT2D eigenvalue weighted by Crippen LogP contribution is 2.57. The van der Waals surface area contributed by atoms with Gasteiger partial charge in [-0.05, 0) is 47.1 Å². The molecule has 3 atom stereocenters. The molecule has 1 amide bonds. The van der Waals surface area contributed by atoms with Crippen LogP contribution in [-0.4, -0.2) is 17.6 Å². The molecule has 2 aromatic carbocycles. The normalized spacial score (nSPS) is 27.4. The molecule has 0 spiro atoms. The summed E-state index contributed by atoms with van der Waals surface area (Å²) >= 11 is 0. The van der Waals surface area contributed by atoms with Gasteiger partial charge in [-0.3, -0.25) is 4.79 Å². The van der Waals surface area contributed by atoms with Gasteiger partial charge in [-0.2, -0.15) is 0 Å². The molecule has 2 aliphatic rings. The minimum atomic E-state index is -0.646. The Bertz CT molecular complexity index is 701. The summed E-state index contributed by atoms with van der Waals surface area (Å²) in [7, 11) is 0. The molecule has 0 aliphatic heterocycles. The predicted octanol–water partition coefficient (Wildman–Crippen LogP) is 3.04. The van der Waals surface area contributed by atoms with Crippen molar-refractivity contribution in [1.82, 2.24) is 5.32 Å². The number of fused-ring (bicyclic) bond motifs is 2. The van der Waals surface area contributed by atoms with E-state index in [9.17, 15) is 9.90 Å². The minimum absolute atomic E-state index is 0.134. The molecule has 2 N–H and O–H groups in total. The molecule has 0 aromatic heterocycles. The van der Waals surface area contributed by atoms with Gasteiger partial charge in [0.05, 0.1) is 6.10 Å². The Morgan fingerprint density at radius 3 is 2.64 bits per heavy atom. The highest BCUT2D eigenvalue weighted by Gasteiger charge is 2.56. The Morgan fingerprint density at radius 2 is 1.86 bits per heavy atom. The Morgan fingerprint density at radius 1 is 1.14 bits per heavy atom. The maximum absolute atomic E-state index is 12.1. The van der Waals surface area contributed by atoms with Crippen LogP contribution in [0.4, 0.5) is 0 Å². The number of amides is 1. The van der Waals surface area contributed by atoms with E-state index in [1.54, 1.807) is 0 Å². The monoisotopic (exact) mass is 295 g/mol. The molecule has 2 aliphatic carbocycles. The molecule has 0 radical (unpaired) electrons. The second-order valence-corrected chi connectivity index (χ2v) is 6.65. The second kappa shape index (κ2) is 5.40. The fourth-order valence-electron chi connectivity index (χ4n) is 4.06. The van der Waals surface area contributed by atoms with Gasteiger partial charge < -0.3 is 10.4 Å². The van der Waals surface area contributed by atoms with Crippen LogP contribution in [0.5, 0.6) is 0 Å². The van der Waals surface area contributed by atoms with Crippen molar-refractivity contribution in [2.45, 2.75) is 25.4 Å². The summed E-state index contributed by atoms with van der Waals surface area (Å²) in [4.78, 5) is 12.1. The van der Waals surface area contributed by atoms with E-state index >= 15 is 0 Å². The summed E-state index contributed by atoms with van der Waals surface area (Å²) in [5.41, 5.74) is 0.856. The molecule has 2 saturated carbocycles. The zero-order valence-electron chi connectivity index (χ0n) is 12.5. The molecular weight excluding hydrogens is 274 g/mol. The van der Waals surface area contributed by atoms with Crippen LogP contribution in [-0.2, 0) is 4.79 Å². The lowest BCUT2D eigenvalue weighted by Crippen LogP contribution is -2.30. The third-order valence-electron chi connectivity index (χ3n) is 5.34. The summed E-state index contributed by atoms with van der Waals surface area (Å²) in [6, 6.07) is 14.0. The highest BCUT2D eigenvalue weighted by atomic mass is 16.3. The number of carbonyl (C=O) groups is 1. The number of aliphatic hydroxyl groups excluding tert-OH is 1. The average molecular weight is 295 g/mol. The lowest BCUT2D eigenvalue weighted by atomic mass is 10.0. The van der Waals surface area contributed by atoms with E-state index in [0.29, 0.717) is 18.4 Å². The van der Waals surface area contributed by atoms with Crippen molar-refractivity contribution in [3.63, 3.8) is 0 Å². The number of aliphatic hydroxyl groups is 1. The number of rotatable bonds is 4. The number of hydrogen-bond donors (Lipinski definition) is 2. The zero-order valence-corrected chi connectivity index (χ0v) is 12.5. The minimum Gasteiger partial charge on any atom is -0.387 e. The third kappa shape index (κ3) is 2.40. The molecule has 0 saturated heterocycles. The second-order valence-electron chi connectivity index (χ2n) is 6.65. The molecular formula is C19H21NO2. The summed E-state index contributed by atoms with van der Waals surface area (Å²) in [6.45, 7) is 0.299. The molecule has 114 valence electrons. The van der Waals surface area contributed by atoms with Crippen LogP contribution in [0.1, 0.15) is 30.9 Å². The van der Waals surface area contributed by atoms with Crippen molar-refractivity contribution in [2.75, 3.05) is 6.54 Å². The summed E-state index contributed by atoms with van der Waals surface area (Å²) < 4.78 is 0. The van der Waals surface area contributed by atoms with Crippen LogP contribution >= 0.6 is 0 Å². The molecule has 3 heteroatoms. The van der Waals surface area contributed by atoms with Crippen molar-refractivity contribution >= 4 is 16.7 Å². The Hall–Kier alpha value is -1.87. The number of hydrogen-bond acceptors (Lipinski definition) is 2. The van der Waals surface area contributed by atoms with Crippen molar-refractivity contribution < 1.29 is 9.90 Å². The first-order valence-corrected chi connectivity index (χ1v) is 8.18. The molecule has 3 nitrogen and oxygen atoms in total. The van der Waals surface area contributed by atoms with E-state index in [1.165, 1.54) is 19.3 Å². The van der Waals surface area contributed by atoms with Gasteiger partial charge in [0, 0.05) is 12.5 Å². The first-order valence-electron chi connectivity index (χ1n) is 8.18. The van der Waals surface area contributed by atoms with E-state index in [2.05, 4.69) is 11.4 Å². The summed E-state index contributed by atoms with van der Waals surface area (Å²) in [5.74, 6) is 1.60. The molecule has 22 heavy (non-hydrogen) atoms. The Kier molecular flexibility index (Phi) is 3.38. The standard InChI is InChI=1S/C19H21NO2/c21-17(11-20-19(22)18-15-6-3-7-16(15)18)14-9-8-12-4-1-2-5-13(12)10-14/h1-2,4-5,8-10,15-18,21H,3,6-7,11H2,(H,20,22). The van der Waals surface area contributed by atoms with Gasteiger partial charge in [0.1, 0.15) is 0 Å². The number of nitrogens with one attached hydrogen (secondary N) is 1. The van der Waals surface area contributed by atoms with Crippen molar-refractivity contribution in [3.05, 3.63) is 48.0 Å². The average Bonchev–Trinajstić information content (AvgIpc) is 3.04. The fraction of sp³-hybridized carbons (Fsp3) is 0.421. The van der Waals surface area contributed by atoms with Crippen LogP contribution < -0.4 is 5.32 Å². The van der Waals surface area contributed by atoms with Crippen LogP contribution in [0.25, 0.3) is 10.8 Å². The van der Waals surface area contributed by atoms with Crippen LogP contribution in [0, 0.1) is 17.8 Å². The van der Waals surface area contributed by atoms with Gasteiger partial charge in [0.25, 0.3) is 0 Å². The topological polar surface area (TPSA) is 49.3 Å². The summed E-state index contributed by atoms with van der Waals surface area (Å²) in [6.07, 6.45) is 3.04. The van der Waals surface area contributed by atoms with E-state index in [4.69, 9.17) is 0 Å². The Balaban J connectivity index is 1.38. The molecule has 2 fully saturated rings.